The van der Waals surface area contributed by atoms with Crippen molar-refractivity contribution >= 4 is 28.7 Å². The number of hydrogen-bond donors (Lipinski definition) is 1. The standard InChI is InChI=1S/C36H49F2N3O6/c1-20-11-10-13-23-12-8-9-16-36(37,38)31-27(18-24-17-25(45-7)14-15-26(24)39-31)46-28-19-41(29(21(28)2)22(3)42)33(43)32(35(4,5)6)40-34(44)47-30(20)23/h14-15,17-18,20-21,23,28-30,32H,8-13,16,19H2,1-7H3,(H,40,44)/t20-,21-,23-,28+,29+,30-,32-/m1/s1. The van der Waals surface area contributed by atoms with Crippen LogP contribution >= 0.6 is 0 Å². The fourth-order valence-electron chi connectivity index (χ4n) is 7.68. The molecule has 1 aromatic carbocycles. The van der Waals surface area contributed by atoms with Gasteiger partial charge in [0, 0.05) is 17.7 Å². The van der Waals surface area contributed by atoms with E-state index in [1.807, 2.05) is 27.7 Å². The van der Waals surface area contributed by atoms with Gasteiger partial charge in [0.2, 0.25) is 5.91 Å². The number of benzene rings is 1. The zero-order chi connectivity index (χ0) is 34.3. The molecule has 0 spiro atoms. The van der Waals surface area contributed by atoms with E-state index < -0.39 is 59.6 Å². The first-order valence-electron chi connectivity index (χ1n) is 16.9. The van der Waals surface area contributed by atoms with E-state index in [0.717, 1.165) is 19.3 Å². The SMILES string of the molecule is COc1ccc2nc3c(cc2c1)O[C@H]1CN(C(=O)[C@H](C(C)(C)C)NC(=O)O[C@H]2[C@H](CCCCC3(F)F)CCC[C@H]2C)[C@H](C(C)=O)[C@@H]1C. The maximum Gasteiger partial charge on any atom is 0.408 e. The largest absolute Gasteiger partial charge is 0.497 e. The summed E-state index contributed by atoms with van der Waals surface area (Å²) in [5.41, 5.74) is -0.804. The average Bonchev–Trinajstić information content (AvgIpc) is 3.33. The molecule has 258 valence electrons. The Morgan fingerprint density at radius 2 is 1.79 bits per heavy atom. The van der Waals surface area contributed by atoms with E-state index in [1.165, 1.54) is 18.9 Å². The van der Waals surface area contributed by atoms with Crippen LogP contribution in [0, 0.1) is 23.2 Å². The molecule has 1 aliphatic carbocycles. The first kappa shape index (κ1) is 34.8. The fraction of sp³-hybridized carbons (Fsp3) is 0.667. The van der Waals surface area contributed by atoms with Crippen LogP contribution in [0.3, 0.4) is 0 Å². The monoisotopic (exact) mass is 657 g/mol. The highest BCUT2D eigenvalue weighted by Gasteiger charge is 2.50. The van der Waals surface area contributed by atoms with Gasteiger partial charge in [0.15, 0.2) is 11.5 Å². The number of carbonyl (C=O) groups excluding carboxylic acids is 3. The molecule has 0 unspecified atom stereocenters. The number of nitrogens with one attached hydrogen (secondary N) is 1. The molecule has 3 heterocycles. The lowest BCUT2D eigenvalue weighted by Crippen LogP contribution is -2.57. The van der Waals surface area contributed by atoms with Gasteiger partial charge in [0.25, 0.3) is 5.92 Å². The molecular formula is C36H49F2N3O6. The van der Waals surface area contributed by atoms with Crippen LogP contribution in [0.5, 0.6) is 11.5 Å². The van der Waals surface area contributed by atoms with E-state index in [1.54, 1.807) is 31.2 Å². The summed E-state index contributed by atoms with van der Waals surface area (Å²) in [6.07, 6.45) is 1.83. The Balaban J connectivity index is 1.59. The van der Waals surface area contributed by atoms with Crippen molar-refractivity contribution in [3.05, 3.63) is 30.0 Å². The first-order valence-corrected chi connectivity index (χ1v) is 16.9. The Labute approximate surface area is 276 Å². The van der Waals surface area contributed by atoms with Gasteiger partial charge in [-0.15, -0.1) is 0 Å². The lowest BCUT2D eigenvalue weighted by Gasteiger charge is -2.38. The third kappa shape index (κ3) is 7.33. The van der Waals surface area contributed by atoms with E-state index in [4.69, 9.17) is 14.2 Å². The molecule has 9 nitrogen and oxygen atoms in total. The Bertz CT molecular complexity index is 1490. The number of pyridine rings is 1. The lowest BCUT2D eigenvalue weighted by molar-refractivity contribution is -0.141. The number of methoxy groups -OCH3 is 1. The number of carbonyl (C=O) groups is 3. The second-order valence-corrected chi connectivity index (χ2v) is 14.9. The summed E-state index contributed by atoms with van der Waals surface area (Å²) in [6.45, 7) is 10.7. The van der Waals surface area contributed by atoms with E-state index in [2.05, 4.69) is 10.3 Å². The van der Waals surface area contributed by atoms with E-state index in [9.17, 15) is 14.4 Å². The summed E-state index contributed by atoms with van der Waals surface area (Å²) in [5.74, 6) is -3.97. The molecule has 1 saturated carbocycles. The predicted molar refractivity (Wildman–Crippen MR) is 174 cm³/mol. The molecule has 2 amide bonds. The van der Waals surface area contributed by atoms with Crippen molar-refractivity contribution in [2.45, 2.75) is 117 Å². The van der Waals surface area contributed by atoms with E-state index >= 15 is 8.78 Å². The maximum absolute atomic E-state index is 16.2. The highest BCUT2D eigenvalue weighted by atomic mass is 19.3. The number of amides is 2. The van der Waals surface area contributed by atoms with Crippen LogP contribution in [0.2, 0.25) is 0 Å². The number of fused-ring (bicyclic) bond motifs is 5. The minimum atomic E-state index is -3.31. The number of alkyl halides is 2. The second kappa shape index (κ2) is 13.5. The summed E-state index contributed by atoms with van der Waals surface area (Å²) < 4.78 is 50.1. The summed E-state index contributed by atoms with van der Waals surface area (Å²) in [6, 6.07) is 4.70. The second-order valence-electron chi connectivity index (χ2n) is 14.9. The van der Waals surface area contributed by atoms with Crippen LogP contribution in [-0.4, -0.2) is 65.6 Å². The smallest absolute Gasteiger partial charge is 0.408 e. The number of halogens is 2. The number of ketones is 1. The third-order valence-electron chi connectivity index (χ3n) is 10.3. The molecule has 1 N–H and O–H groups in total. The summed E-state index contributed by atoms with van der Waals surface area (Å²) in [7, 11) is 1.52. The molecule has 2 bridgehead atoms. The van der Waals surface area contributed by atoms with Crippen LogP contribution in [0.4, 0.5) is 13.6 Å². The number of alkyl carbamates (subject to hydrolysis) is 1. The maximum atomic E-state index is 16.2. The number of nitrogens with zero attached hydrogens (tertiary/aromatic N) is 2. The van der Waals surface area contributed by atoms with Crippen molar-refractivity contribution in [2.75, 3.05) is 13.7 Å². The molecule has 3 aliphatic rings. The van der Waals surface area contributed by atoms with Gasteiger partial charge >= 0.3 is 6.09 Å². The minimum absolute atomic E-state index is 0.0238. The summed E-state index contributed by atoms with van der Waals surface area (Å²) in [4.78, 5) is 46.6. The van der Waals surface area contributed by atoms with Gasteiger partial charge in [-0.3, -0.25) is 9.59 Å². The summed E-state index contributed by atoms with van der Waals surface area (Å²) >= 11 is 0. The Kier molecular flexibility index (Phi) is 10.0. The zero-order valence-electron chi connectivity index (χ0n) is 28.6. The first-order chi connectivity index (χ1) is 22.1. The van der Waals surface area contributed by atoms with Crippen LogP contribution in [0.25, 0.3) is 10.9 Å². The van der Waals surface area contributed by atoms with Gasteiger partial charge in [0.05, 0.1) is 25.2 Å². The van der Waals surface area contributed by atoms with Gasteiger partial charge < -0.3 is 24.4 Å². The van der Waals surface area contributed by atoms with Crippen LogP contribution in [-0.2, 0) is 20.2 Å². The van der Waals surface area contributed by atoms with Crippen LogP contribution in [0.1, 0.15) is 92.2 Å². The Hall–Kier alpha value is -3.50. The van der Waals surface area contributed by atoms with Crippen molar-refractivity contribution in [1.82, 2.24) is 15.2 Å². The highest BCUT2D eigenvalue weighted by molar-refractivity contribution is 5.92. The van der Waals surface area contributed by atoms with Gasteiger partial charge in [-0.1, -0.05) is 47.5 Å². The molecule has 0 radical (unpaired) electrons. The Morgan fingerprint density at radius 3 is 2.47 bits per heavy atom. The van der Waals surface area contributed by atoms with Gasteiger partial charge in [0.1, 0.15) is 29.7 Å². The van der Waals surface area contributed by atoms with E-state index in [-0.39, 0.29) is 42.4 Å². The molecule has 1 aromatic heterocycles. The van der Waals surface area contributed by atoms with Crippen molar-refractivity contribution in [1.29, 1.82) is 0 Å². The molecule has 5 rings (SSSR count). The average molecular weight is 658 g/mol. The molecule has 1 saturated heterocycles. The highest BCUT2D eigenvalue weighted by Crippen LogP contribution is 2.43. The number of rotatable bonds is 2. The van der Waals surface area contributed by atoms with Crippen LogP contribution in [0.15, 0.2) is 24.3 Å². The molecule has 2 aliphatic heterocycles. The molecule has 2 fully saturated rings. The molecule has 11 heteroatoms. The number of hydrogen-bond acceptors (Lipinski definition) is 7. The van der Waals surface area contributed by atoms with Gasteiger partial charge in [-0.25, -0.2) is 9.78 Å². The normalized spacial score (nSPS) is 30.6. The predicted octanol–water partition coefficient (Wildman–Crippen LogP) is 7.04. The van der Waals surface area contributed by atoms with Crippen molar-refractivity contribution in [3.8, 4) is 11.5 Å². The molecule has 7 atom stereocenters. The van der Waals surface area contributed by atoms with Gasteiger partial charge in [-0.05, 0) is 74.1 Å². The molecular weight excluding hydrogens is 608 g/mol. The van der Waals surface area contributed by atoms with Crippen molar-refractivity contribution < 1.29 is 37.4 Å². The minimum Gasteiger partial charge on any atom is -0.497 e. The molecule has 47 heavy (non-hydrogen) atoms. The van der Waals surface area contributed by atoms with Crippen molar-refractivity contribution in [3.63, 3.8) is 0 Å². The lowest BCUT2D eigenvalue weighted by atomic mass is 9.77. The van der Waals surface area contributed by atoms with E-state index in [0.29, 0.717) is 29.5 Å². The van der Waals surface area contributed by atoms with Crippen LogP contribution < -0.4 is 14.8 Å². The number of ether oxygens (including phenoxy) is 3. The quantitative estimate of drug-likeness (QED) is 0.369. The third-order valence-corrected chi connectivity index (χ3v) is 10.3. The summed E-state index contributed by atoms with van der Waals surface area (Å²) in [5, 5.41) is 3.42. The topological polar surface area (TPSA) is 107 Å². The number of Topliss-reactive ketones (excluding diaryl/α,β-unsaturated/α-hetero) is 1. The fourth-order valence-corrected chi connectivity index (χ4v) is 7.68. The Morgan fingerprint density at radius 1 is 1.06 bits per heavy atom. The van der Waals surface area contributed by atoms with Gasteiger partial charge in [-0.2, -0.15) is 8.78 Å². The van der Waals surface area contributed by atoms with Crippen molar-refractivity contribution in [2.24, 2.45) is 23.2 Å². The molecule has 2 aromatic rings. The number of aromatic nitrogens is 1. The zero-order valence-corrected chi connectivity index (χ0v) is 28.6.